The van der Waals surface area contributed by atoms with Crippen LogP contribution in [0.3, 0.4) is 0 Å². The van der Waals surface area contributed by atoms with Crippen LogP contribution >= 0.6 is 11.6 Å². The van der Waals surface area contributed by atoms with E-state index >= 15 is 0 Å². The van der Waals surface area contributed by atoms with E-state index in [0.717, 1.165) is 23.4 Å². The molecule has 1 aromatic heterocycles. The summed E-state index contributed by atoms with van der Waals surface area (Å²) in [5.74, 6) is 0.736. The van der Waals surface area contributed by atoms with Crippen molar-refractivity contribution in [1.29, 1.82) is 0 Å². The lowest BCUT2D eigenvalue weighted by atomic mass is 10.2. The van der Waals surface area contributed by atoms with E-state index in [4.69, 9.17) is 26.6 Å². The highest BCUT2D eigenvalue weighted by Crippen LogP contribution is 2.26. The number of aryl methyl sites for hydroxylation is 1. The summed E-state index contributed by atoms with van der Waals surface area (Å²) in [7, 11) is 1.99. The molecule has 1 heterocycles. The first kappa shape index (κ1) is 17.3. The Labute approximate surface area is 140 Å². The Morgan fingerprint density at radius 3 is 2.78 bits per heavy atom. The van der Waals surface area contributed by atoms with Crippen LogP contribution in [-0.2, 0) is 24.3 Å². The van der Waals surface area contributed by atoms with Gasteiger partial charge in [0.15, 0.2) is 12.4 Å². The number of primary amides is 1. The number of carbonyl (C=O) groups excluding carboxylic acids is 1. The van der Waals surface area contributed by atoms with Crippen LogP contribution in [0.4, 0.5) is 0 Å². The van der Waals surface area contributed by atoms with Gasteiger partial charge in [-0.3, -0.25) is 9.69 Å². The van der Waals surface area contributed by atoms with Gasteiger partial charge in [-0.15, -0.1) is 0 Å². The molecule has 0 aliphatic heterocycles. The number of rotatable bonds is 8. The minimum atomic E-state index is -0.539. The van der Waals surface area contributed by atoms with Gasteiger partial charge in [-0.25, -0.2) is 0 Å². The third-order valence-electron chi connectivity index (χ3n) is 3.21. The quantitative estimate of drug-likeness (QED) is 0.799. The number of carbonyl (C=O) groups is 1. The SMILES string of the molecule is CCc1cc(CN(C)Cc2ccc(OCC(N)=O)c(Cl)c2)on1. The lowest BCUT2D eigenvalue weighted by Gasteiger charge is -2.15. The van der Waals surface area contributed by atoms with Gasteiger partial charge in [-0.2, -0.15) is 0 Å². The van der Waals surface area contributed by atoms with Crippen LogP contribution in [-0.4, -0.2) is 29.6 Å². The van der Waals surface area contributed by atoms with Crippen LogP contribution in [0.5, 0.6) is 5.75 Å². The van der Waals surface area contributed by atoms with Crippen LogP contribution in [0.15, 0.2) is 28.8 Å². The zero-order valence-electron chi connectivity index (χ0n) is 13.2. The third kappa shape index (κ3) is 5.26. The Bertz CT molecular complexity index is 672. The smallest absolute Gasteiger partial charge is 0.255 e. The van der Waals surface area contributed by atoms with Gasteiger partial charge in [0.25, 0.3) is 5.91 Å². The largest absolute Gasteiger partial charge is 0.482 e. The second kappa shape index (κ2) is 7.99. The molecule has 124 valence electrons. The molecular formula is C16H20ClN3O3. The Hall–Kier alpha value is -2.05. The number of amides is 1. The number of benzene rings is 1. The molecule has 0 bridgehead atoms. The first-order valence-corrected chi connectivity index (χ1v) is 7.68. The molecule has 2 rings (SSSR count). The van der Waals surface area contributed by atoms with Crippen molar-refractivity contribution in [2.75, 3.05) is 13.7 Å². The summed E-state index contributed by atoms with van der Waals surface area (Å²) in [6, 6.07) is 7.41. The number of nitrogens with zero attached hydrogens (tertiary/aromatic N) is 2. The molecular weight excluding hydrogens is 318 g/mol. The van der Waals surface area contributed by atoms with E-state index in [2.05, 4.69) is 10.1 Å². The highest BCUT2D eigenvalue weighted by Gasteiger charge is 2.09. The molecule has 7 heteroatoms. The van der Waals surface area contributed by atoms with Gasteiger partial charge in [0.05, 0.1) is 17.3 Å². The zero-order chi connectivity index (χ0) is 16.8. The number of nitrogens with two attached hydrogens (primary N) is 1. The van der Waals surface area contributed by atoms with Crippen molar-refractivity contribution < 1.29 is 14.1 Å². The molecule has 2 aromatic rings. The number of hydrogen-bond donors (Lipinski definition) is 1. The Balaban J connectivity index is 1.93. The topological polar surface area (TPSA) is 81.6 Å². The maximum Gasteiger partial charge on any atom is 0.255 e. The van der Waals surface area contributed by atoms with E-state index < -0.39 is 5.91 Å². The monoisotopic (exact) mass is 337 g/mol. The molecule has 1 amide bonds. The third-order valence-corrected chi connectivity index (χ3v) is 3.51. The zero-order valence-corrected chi connectivity index (χ0v) is 14.0. The molecule has 0 radical (unpaired) electrons. The summed E-state index contributed by atoms with van der Waals surface area (Å²) in [6.07, 6.45) is 0.857. The van der Waals surface area contributed by atoms with E-state index in [1.807, 2.05) is 32.2 Å². The molecule has 0 atom stereocenters. The van der Waals surface area contributed by atoms with E-state index in [1.54, 1.807) is 6.07 Å². The standard InChI is InChI=1S/C16H20ClN3O3/c1-3-12-7-13(23-19-12)9-20(2)8-11-4-5-15(14(17)6-11)22-10-16(18)21/h4-7H,3,8-10H2,1-2H3,(H2,18,21). The molecule has 0 aliphatic carbocycles. The Morgan fingerprint density at radius 1 is 1.39 bits per heavy atom. The van der Waals surface area contributed by atoms with E-state index in [-0.39, 0.29) is 6.61 Å². The number of aromatic nitrogens is 1. The second-order valence-electron chi connectivity index (χ2n) is 5.33. The summed E-state index contributed by atoms with van der Waals surface area (Å²) < 4.78 is 10.5. The van der Waals surface area contributed by atoms with Crippen molar-refractivity contribution in [2.45, 2.75) is 26.4 Å². The van der Waals surface area contributed by atoms with Crippen LogP contribution in [0.2, 0.25) is 5.02 Å². The van der Waals surface area contributed by atoms with Gasteiger partial charge in [-0.05, 0) is 31.2 Å². The minimum Gasteiger partial charge on any atom is -0.482 e. The summed E-state index contributed by atoms with van der Waals surface area (Å²) in [6.45, 7) is 3.20. The molecule has 0 saturated carbocycles. The molecule has 0 fully saturated rings. The second-order valence-corrected chi connectivity index (χ2v) is 5.74. The van der Waals surface area contributed by atoms with Crippen LogP contribution in [0.1, 0.15) is 23.9 Å². The predicted octanol–water partition coefficient (Wildman–Crippen LogP) is 2.39. The van der Waals surface area contributed by atoms with Crippen molar-refractivity contribution in [3.05, 3.63) is 46.3 Å². The molecule has 2 N–H and O–H groups in total. The van der Waals surface area contributed by atoms with Gasteiger partial charge < -0.3 is 15.0 Å². The summed E-state index contributed by atoms with van der Waals surface area (Å²) in [5.41, 5.74) is 7.02. The normalized spacial score (nSPS) is 11.0. The fraction of sp³-hybridized carbons (Fsp3) is 0.375. The maximum absolute atomic E-state index is 10.7. The van der Waals surface area contributed by atoms with Crippen molar-refractivity contribution in [3.8, 4) is 5.75 Å². The summed E-state index contributed by atoms with van der Waals surface area (Å²) >= 11 is 6.15. The van der Waals surface area contributed by atoms with E-state index in [0.29, 0.717) is 23.9 Å². The van der Waals surface area contributed by atoms with Gasteiger partial charge in [-0.1, -0.05) is 29.7 Å². The average Bonchev–Trinajstić information content (AvgIpc) is 2.93. The molecule has 1 aromatic carbocycles. The fourth-order valence-corrected chi connectivity index (χ4v) is 2.40. The van der Waals surface area contributed by atoms with Crippen molar-refractivity contribution in [3.63, 3.8) is 0 Å². The summed E-state index contributed by atoms with van der Waals surface area (Å²) in [4.78, 5) is 12.8. The first-order valence-electron chi connectivity index (χ1n) is 7.30. The summed E-state index contributed by atoms with van der Waals surface area (Å²) in [5, 5.41) is 4.43. The van der Waals surface area contributed by atoms with E-state index in [9.17, 15) is 4.79 Å². The molecule has 0 aliphatic rings. The van der Waals surface area contributed by atoms with Crippen molar-refractivity contribution in [1.82, 2.24) is 10.1 Å². The highest BCUT2D eigenvalue weighted by atomic mass is 35.5. The van der Waals surface area contributed by atoms with E-state index in [1.165, 1.54) is 0 Å². The minimum absolute atomic E-state index is 0.190. The Morgan fingerprint density at radius 2 is 2.17 bits per heavy atom. The number of hydrogen-bond acceptors (Lipinski definition) is 5. The predicted molar refractivity (Wildman–Crippen MR) is 87.2 cm³/mol. The first-order chi connectivity index (χ1) is 11.0. The molecule has 23 heavy (non-hydrogen) atoms. The molecule has 6 nitrogen and oxygen atoms in total. The van der Waals surface area contributed by atoms with Crippen molar-refractivity contribution in [2.24, 2.45) is 5.73 Å². The van der Waals surface area contributed by atoms with Gasteiger partial charge >= 0.3 is 0 Å². The van der Waals surface area contributed by atoms with Crippen LogP contribution < -0.4 is 10.5 Å². The van der Waals surface area contributed by atoms with Crippen LogP contribution in [0.25, 0.3) is 0 Å². The average molecular weight is 338 g/mol. The molecule has 0 saturated heterocycles. The fourth-order valence-electron chi connectivity index (χ4n) is 2.14. The number of ether oxygens (including phenoxy) is 1. The maximum atomic E-state index is 10.7. The van der Waals surface area contributed by atoms with Crippen LogP contribution in [0, 0.1) is 0 Å². The number of halogens is 1. The lowest BCUT2D eigenvalue weighted by Crippen LogP contribution is -2.20. The highest BCUT2D eigenvalue weighted by molar-refractivity contribution is 6.32. The molecule has 0 unspecified atom stereocenters. The molecule has 0 spiro atoms. The Kier molecular flexibility index (Phi) is 6.01. The van der Waals surface area contributed by atoms with Gasteiger partial charge in [0.1, 0.15) is 5.75 Å². The van der Waals surface area contributed by atoms with Gasteiger partial charge in [0.2, 0.25) is 0 Å². The van der Waals surface area contributed by atoms with Crippen molar-refractivity contribution >= 4 is 17.5 Å². The lowest BCUT2D eigenvalue weighted by molar-refractivity contribution is -0.119. The van der Waals surface area contributed by atoms with Gasteiger partial charge in [0, 0.05) is 12.6 Å².